The van der Waals surface area contributed by atoms with Crippen LogP contribution in [0.25, 0.3) is 44.9 Å². The third kappa shape index (κ3) is 27.7. The van der Waals surface area contributed by atoms with Crippen molar-refractivity contribution >= 4 is 51.1 Å². The van der Waals surface area contributed by atoms with Crippen LogP contribution >= 0.6 is 27.5 Å². The minimum Gasteiger partial charge on any atom is -1.00 e. The summed E-state index contributed by atoms with van der Waals surface area (Å²) in [5.74, 6) is 1.86. The third-order valence-corrected chi connectivity index (χ3v) is 12.2. The maximum absolute atomic E-state index is 13.0. The van der Waals surface area contributed by atoms with Gasteiger partial charge in [-0.15, -0.1) is 0 Å². The minimum absolute atomic E-state index is 0. The first-order chi connectivity index (χ1) is 41.2. The van der Waals surface area contributed by atoms with E-state index in [-0.39, 0.29) is 98.6 Å². The molecule has 0 fully saturated rings. The fourth-order valence-electron chi connectivity index (χ4n) is 7.74. The summed E-state index contributed by atoms with van der Waals surface area (Å²) in [7, 11) is 7.89. The predicted molar refractivity (Wildman–Crippen MR) is 312 cm³/mol. The smallest absolute Gasteiger partial charge is 1.00 e. The Morgan fingerprint density at radius 3 is 1.51 bits per heavy atom. The molecular formula is C55H70BrClF9N13Na2O8. The monoisotopic (exact) mass is 1370 g/mol. The number of ether oxygens (including phenoxy) is 5. The molecule has 89 heavy (non-hydrogen) atoms. The number of methoxy groups -OCH3 is 5. The van der Waals surface area contributed by atoms with Gasteiger partial charge in [-0.1, -0.05) is 27.5 Å². The van der Waals surface area contributed by atoms with E-state index >= 15 is 0 Å². The molecule has 0 aliphatic heterocycles. The van der Waals surface area contributed by atoms with Crippen LogP contribution in [0.2, 0.25) is 5.15 Å². The molecule has 0 aliphatic rings. The van der Waals surface area contributed by atoms with Gasteiger partial charge in [0.2, 0.25) is 0 Å². The largest absolute Gasteiger partial charge is 1.00 e. The first kappa shape index (κ1) is 81.9. The molecular weight excluding hydrogens is 1300 g/mol. The molecule has 0 spiro atoms. The Bertz CT molecular complexity index is 3300. The molecule has 482 valence electrons. The average Bonchev–Trinajstić information content (AvgIpc) is 2.44. The number of benzene rings is 2. The van der Waals surface area contributed by atoms with Crippen molar-refractivity contribution in [3.05, 3.63) is 113 Å². The molecule has 0 amide bonds. The van der Waals surface area contributed by atoms with Gasteiger partial charge in [-0.25, -0.2) is 23.8 Å². The molecule has 6 heterocycles. The minimum atomic E-state index is -4.28. The van der Waals surface area contributed by atoms with Crippen LogP contribution in [0.5, 0.6) is 11.5 Å². The van der Waals surface area contributed by atoms with Crippen LogP contribution in [-0.4, -0.2) is 167 Å². The third-order valence-electron chi connectivity index (χ3n) is 11.5. The number of anilines is 1. The van der Waals surface area contributed by atoms with E-state index in [2.05, 4.69) is 61.0 Å². The van der Waals surface area contributed by atoms with Gasteiger partial charge in [0, 0.05) is 125 Å². The molecule has 0 unspecified atom stereocenters. The Morgan fingerprint density at radius 1 is 0.663 bits per heavy atom. The van der Waals surface area contributed by atoms with Gasteiger partial charge >= 0.3 is 77.6 Å². The number of carbonyl (C=O) groups excluding carboxylic acids is 1. The molecule has 8 aromatic rings. The number of fused-ring (bicyclic) bond motifs is 2. The second kappa shape index (κ2) is 41.4. The summed E-state index contributed by atoms with van der Waals surface area (Å²) in [6.45, 7) is 9.82. The van der Waals surface area contributed by atoms with Crippen molar-refractivity contribution in [3.63, 3.8) is 0 Å². The van der Waals surface area contributed by atoms with Crippen LogP contribution in [-0.2, 0) is 23.9 Å². The van der Waals surface area contributed by atoms with Crippen LogP contribution in [0.4, 0.5) is 45.3 Å². The van der Waals surface area contributed by atoms with Gasteiger partial charge in [0.05, 0.1) is 87.2 Å². The van der Waals surface area contributed by atoms with E-state index in [1.807, 2.05) is 88.6 Å². The SMILES string of the molecule is COCCN.COCCN(CCC(F)(F)F)c1cc(C)nc2c(-c3ccc(-n4cccn4)cc3OC)c(C)nn12.COCCNCCC(F)(F)F.COc1cc(-n2cccn2)ccc1-c1c(C)nn2c(Cl)cc(C)nc12.FC(F)(F)CCBr.O=CO[O-].[H-].[Na+].[Na+]. The fraction of sp³-hybridized carbons (Fsp3) is 0.436. The topological polar surface area (TPSA) is 233 Å². The van der Waals surface area contributed by atoms with E-state index < -0.39 is 37.8 Å². The first-order valence-corrected chi connectivity index (χ1v) is 27.6. The molecule has 0 radical (unpaired) electrons. The van der Waals surface area contributed by atoms with Gasteiger partial charge in [-0.05, 0) is 70.2 Å². The zero-order valence-electron chi connectivity index (χ0n) is 52.1. The predicted octanol–water partition coefficient (Wildman–Crippen LogP) is 4.13. The second-order valence-corrected chi connectivity index (χ2v) is 19.2. The van der Waals surface area contributed by atoms with Crippen molar-refractivity contribution in [1.82, 2.24) is 54.1 Å². The first-order valence-electron chi connectivity index (χ1n) is 26.1. The molecule has 2 aromatic carbocycles. The average molecular weight is 1370 g/mol. The maximum Gasteiger partial charge on any atom is 1.00 e. The summed E-state index contributed by atoms with van der Waals surface area (Å²) in [6.07, 6.45) is -7.64. The van der Waals surface area contributed by atoms with Crippen LogP contribution in [0, 0.1) is 27.7 Å². The van der Waals surface area contributed by atoms with Crippen LogP contribution in [0.1, 0.15) is 43.5 Å². The van der Waals surface area contributed by atoms with E-state index in [4.69, 9.17) is 46.6 Å². The summed E-state index contributed by atoms with van der Waals surface area (Å²) in [5.41, 5.74) is 14.4. The van der Waals surface area contributed by atoms with Gasteiger partial charge in [-0.2, -0.15) is 64.4 Å². The summed E-state index contributed by atoms with van der Waals surface area (Å²) in [5, 5.41) is 29.3. The number of alkyl halides is 10. The molecule has 0 saturated heterocycles. The standard InChI is InChI=1S/C24H27F3N6O2.C18H16ClN5O.C6H12F3NO.C3H4BrF3.C3H9NO.CH2O3.2Na.H/c1-16-14-21(31(12-13-34-3)11-8-24(25,26)27)33-23(29-16)22(17(2)30-33)19-7-6-18(15-20(19)35-4)32-10-5-9-28-32;1-11-9-16(19)24-18(21-11)17(12(2)22-24)14-6-5-13(10-15(14)25-3)23-8-4-7-20-23;1-11-5-4-10-3-2-6(7,8)9;4-2-1-3(5,6)7;1-5-3-2-4;2-1-4-3;;;/h5-7,9-10,14-15H,8,11-13H2,1-4H3;4-10H,1-3H3;10H,2-5H2,1H3;1-2H2;2-4H2,1H3;1,3H;;;/q;;;;;;2*+1;-1/p-1. The van der Waals surface area contributed by atoms with Gasteiger partial charge in [0.1, 0.15) is 22.5 Å². The molecule has 3 N–H and O–H groups in total. The quantitative estimate of drug-likeness (QED) is 0.0151. The van der Waals surface area contributed by atoms with Gasteiger partial charge in [0.15, 0.2) is 11.3 Å². The maximum atomic E-state index is 13.0. The number of aromatic nitrogens is 10. The summed E-state index contributed by atoms with van der Waals surface area (Å²) < 4.78 is 139. The van der Waals surface area contributed by atoms with E-state index in [9.17, 15) is 39.5 Å². The normalized spacial score (nSPS) is 10.9. The Labute approximate surface area is 567 Å². The van der Waals surface area contributed by atoms with Gasteiger partial charge < -0.3 is 51.2 Å². The summed E-state index contributed by atoms with van der Waals surface area (Å²) in [4.78, 5) is 22.2. The van der Waals surface area contributed by atoms with E-state index in [0.29, 0.717) is 65.7 Å². The number of hydrogen-bond acceptors (Lipinski definition) is 17. The van der Waals surface area contributed by atoms with E-state index in [1.165, 1.54) is 14.2 Å². The Kier molecular flexibility index (Phi) is 38.1. The van der Waals surface area contributed by atoms with Crippen LogP contribution in [0.3, 0.4) is 0 Å². The van der Waals surface area contributed by atoms with Crippen LogP contribution in [0.15, 0.2) is 85.5 Å². The molecule has 0 saturated carbocycles. The second-order valence-electron chi connectivity index (χ2n) is 18.0. The molecule has 0 aliphatic carbocycles. The fourth-order valence-corrected chi connectivity index (χ4v) is 8.47. The molecule has 8 rings (SSSR count). The van der Waals surface area contributed by atoms with Crippen molar-refractivity contribution in [1.29, 1.82) is 0 Å². The zero-order chi connectivity index (χ0) is 64.9. The van der Waals surface area contributed by atoms with Crippen molar-refractivity contribution < 1.29 is 139 Å². The number of nitrogens with zero attached hydrogens (tertiary/aromatic N) is 11. The van der Waals surface area contributed by atoms with E-state index in [0.717, 1.165) is 50.8 Å². The number of rotatable bonds is 21. The van der Waals surface area contributed by atoms with Crippen molar-refractivity contribution in [2.45, 2.75) is 65.5 Å². The number of nitrogens with one attached hydrogen (secondary N) is 1. The Morgan fingerprint density at radius 2 is 1.12 bits per heavy atom. The van der Waals surface area contributed by atoms with Crippen molar-refractivity contribution in [2.24, 2.45) is 5.73 Å². The molecule has 34 heteroatoms. The number of halogens is 11. The number of aryl methyl sites for hydroxylation is 4. The molecule has 21 nitrogen and oxygen atoms in total. The van der Waals surface area contributed by atoms with Crippen molar-refractivity contribution in [3.8, 4) is 45.1 Å². The van der Waals surface area contributed by atoms with Gasteiger partial charge in [-0.3, -0.25) is 4.79 Å². The number of nitrogens with two attached hydrogens (primary N) is 1. The van der Waals surface area contributed by atoms with E-state index in [1.54, 1.807) is 69.2 Å². The Balaban J connectivity index is 0.00000125. The van der Waals surface area contributed by atoms with Gasteiger partial charge in [0.25, 0.3) is 6.47 Å². The molecule has 0 atom stereocenters. The molecule has 0 bridgehead atoms. The Hall–Kier alpha value is -5.13. The zero-order valence-corrected chi connectivity index (χ0v) is 57.4. The number of carbonyl (C=O) groups is 1. The van der Waals surface area contributed by atoms with Crippen molar-refractivity contribution in [2.75, 3.05) is 98.3 Å². The number of hydrogen-bond donors (Lipinski definition) is 2. The van der Waals surface area contributed by atoms with Crippen LogP contribution < -0.4 is 89.8 Å². The summed E-state index contributed by atoms with van der Waals surface area (Å²) in [6, 6.07) is 18.9. The molecule has 6 aromatic heterocycles. The summed E-state index contributed by atoms with van der Waals surface area (Å²) >= 11 is 8.98.